The van der Waals surface area contributed by atoms with E-state index >= 15 is 0 Å². The van der Waals surface area contributed by atoms with E-state index in [0.29, 0.717) is 13.0 Å². The minimum atomic E-state index is 0.250. The van der Waals surface area contributed by atoms with Crippen LogP contribution in [0, 0.1) is 0 Å². The average molecular weight is 245 g/mol. The number of carbonyl (C=O) groups is 1. The van der Waals surface area contributed by atoms with Crippen LogP contribution in [0.1, 0.15) is 12.0 Å². The van der Waals surface area contributed by atoms with E-state index in [1.165, 1.54) is 5.56 Å². The lowest BCUT2D eigenvalue weighted by Gasteiger charge is -2.04. The molecular formula is C14H15NOS. The molecule has 0 unspecified atom stereocenters. The third kappa shape index (κ3) is 4.04. The summed E-state index contributed by atoms with van der Waals surface area (Å²) in [6, 6.07) is 11.9. The number of rotatable bonds is 6. The van der Waals surface area contributed by atoms with Gasteiger partial charge in [0.15, 0.2) is 5.78 Å². The van der Waals surface area contributed by atoms with Crippen molar-refractivity contribution in [2.24, 2.45) is 0 Å². The summed E-state index contributed by atoms with van der Waals surface area (Å²) in [5.74, 6) is 0.250. The molecule has 0 bridgehead atoms. The quantitative estimate of drug-likeness (QED) is 0.845. The first-order valence-electron chi connectivity index (χ1n) is 5.66. The molecule has 2 aromatic rings. The Kier molecular flexibility index (Phi) is 4.33. The molecular weight excluding hydrogens is 230 g/mol. The number of aryl methyl sites for hydroxylation is 1. The molecule has 1 aromatic carbocycles. The molecule has 3 heteroatoms. The highest BCUT2D eigenvalue weighted by Gasteiger charge is 2.02. The van der Waals surface area contributed by atoms with Gasteiger partial charge in [0.25, 0.3) is 0 Å². The first-order chi connectivity index (χ1) is 8.34. The van der Waals surface area contributed by atoms with Gasteiger partial charge in [0.05, 0.1) is 6.54 Å². The van der Waals surface area contributed by atoms with Gasteiger partial charge in [0.1, 0.15) is 0 Å². The minimum absolute atomic E-state index is 0.250. The van der Waals surface area contributed by atoms with E-state index in [0.717, 1.165) is 12.1 Å². The maximum Gasteiger partial charge on any atom is 0.152 e. The molecule has 1 N–H and O–H groups in total. The Morgan fingerprint density at radius 2 is 2.00 bits per heavy atom. The van der Waals surface area contributed by atoms with E-state index in [9.17, 15) is 4.79 Å². The highest BCUT2D eigenvalue weighted by molar-refractivity contribution is 7.07. The van der Waals surface area contributed by atoms with Crippen LogP contribution in [0.5, 0.6) is 0 Å². The Balaban J connectivity index is 1.71. The van der Waals surface area contributed by atoms with E-state index in [1.807, 2.05) is 35.7 Å². The molecule has 88 valence electrons. The summed E-state index contributed by atoms with van der Waals surface area (Å²) in [7, 11) is 0. The summed E-state index contributed by atoms with van der Waals surface area (Å²) in [5, 5.41) is 7.27. The summed E-state index contributed by atoms with van der Waals surface area (Å²) in [6.45, 7) is 0.411. The maximum absolute atomic E-state index is 11.7. The Morgan fingerprint density at radius 3 is 2.71 bits per heavy atom. The average Bonchev–Trinajstić information content (AvgIpc) is 2.88. The summed E-state index contributed by atoms with van der Waals surface area (Å²) in [6.07, 6.45) is 1.45. The molecule has 2 rings (SSSR count). The van der Waals surface area contributed by atoms with Gasteiger partial charge in [-0.25, -0.2) is 0 Å². The molecule has 0 atom stereocenters. The van der Waals surface area contributed by atoms with Crippen molar-refractivity contribution in [1.82, 2.24) is 0 Å². The summed E-state index contributed by atoms with van der Waals surface area (Å²) < 4.78 is 0. The molecule has 0 aliphatic carbocycles. The lowest BCUT2D eigenvalue weighted by atomic mass is 10.1. The summed E-state index contributed by atoms with van der Waals surface area (Å²) in [5.41, 5.74) is 2.25. The number of hydrogen-bond acceptors (Lipinski definition) is 3. The van der Waals surface area contributed by atoms with Crippen molar-refractivity contribution in [2.75, 3.05) is 11.9 Å². The number of anilines is 1. The molecule has 0 aliphatic rings. The molecule has 17 heavy (non-hydrogen) atoms. The van der Waals surface area contributed by atoms with E-state index in [1.54, 1.807) is 11.3 Å². The lowest BCUT2D eigenvalue weighted by Crippen LogP contribution is -2.14. The monoisotopic (exact) mass is 245 g/mol. The Morgan fingerprint density at radius 1 is 1.18 bits per heavy atom. The van der Waals surface area contributed by atoms with Gasteiger partial charge in [-0.05, 0) is 40.9 Å². The Bertz CT molecular complexity index is 450. The second kappa shape index (κ2) is 6.21. The molecule has 0 aliphatic heterocycles. The molecule has 0 amide bonds. The fourth-order valence-corrected chi connectivity index (χ4v) is 2.27. The normalized spacial score (nSPS) is 10.1. The van der Waals surface area contributed by atoms with Crippen molar-refractivity contribution in [3.63, 3.8) is 0 Å². The van der Waals surface area contributed by atoms with Crippen molar-refractivity contribution in [1.29, 1.82) is 0 Å². The van der Waals surface area contributed by atoms with Gasteiger partial charge in [-0.2, -0.15) is 11.3 Å². The molecule has 0 saturated carbocycles. The number of ketones is 1. The van der Waals surface area contributed by atoms with Gasteiger partial charge >= 0.3 is 0 Å². The van der Waals surface area contributed by atoms with Crippen LogP contribution in [0.2, 0.25) is 0 Å². The second-order valence-corrected chi connectivity index (χ2v) is 4.67. The molecule has 2 nitrogen and oxygen atoms in total. The smallest absolute Gasteiger partial charge is 0.152 e. The molecule has 1 aromatic heterocycles. The summed E-state index contributed by atoms with van der Waals surface area (Å²) in [4.78, 5) is 11.7. The fraction of sp³-hybridized carbons (Fsp3) is 0.214. The number of benzene rings is 1. The Hall–Kier alpha value is -1.61. The number of nitrogens with one attached hydrogen (secondary N) is 1. The highest BCUT2D eigenvalue weighted by atomic mass is 32.1. The first kappa shape index (κ1) is 11.9. The van der Waals surface area contributed by atoms with Crippen LogP contribution >= 0.6 is 11.3 Å². The molecule has 1 heterocycles. The van der Waals surface area contributed by atoms with Gasteiger partial charge in [0, 0.05) is 12.1 Å². The van der Waals surface area contributed by atoms with Crippen LogP contribution in [-0.4, -0.2) is 12.3 Å². The number of hydrogen-bond donors (Lipinski definition) is 1. The van der Waals surface area contributed by atoms with E-state index in [-0.39, 0.29) is 5.78 Å². The van der Waals surface area contributed by atoms with Crippen molar-refractivity contribution >= 4 is 22.8 Å². The third-order valence-corrected chi connectivity index (χ3v) is 3.27. The standard InChI is InChI=1S/C14H15NOS/c16-14(7-6-12-8-9-17-11-12)10-15-13-4-2-1-3-5-13/h1-5,8-9,11,15H,6-7,10H2. The van der Waals surface area contributed by atoms with Crippen molar-refractivity contribution in [2.45, 2.75) is 12.8 Å². The SMILES string of the molecule is O=C(CCc1ccsc1)CNc1ccccc1. The van der Waals surface area contributed by atoms with Gasteiger partial charge in [0.2, 0.25) is 0 Å². The minimum Gasteiger partial charge on any atom is -0.378 e. The van der Waals surface area contributed by atoms with Crippen LogP contribution in [0.3, 0.4) is 0 Å². The van der Waals surface area contributed by atoms with Gasteiger partial charge in [-0.1, -0.05) is 18.2 Å². The third-order valence-electron chi connectivity index (χ3n) is 2.54. The van der Waals surface area contributed by atoms with Crippen LogP contribution in [-0.2, 0) is 11.2 Å². The first-order valence-corrected chi connectivity index (χ1v) is 6.60. The van der Waals surface area contributed by atoms with Crippen LogP contribution < -0.4 is 5.32 Å². The fourth-order valence-electron chi connectivity index (χ4n) is 1.56. The summed E-state index contributed by atoms with van der Waals surface area (Å²) >= 11 is 1.67. The zero-order chi connectivity index (χ0) is 11.9. The molecule has 0 fully saturated rings. The number of Topliss-reactive ketones (excluding diaryl/α,β-unsaturated/α-hetero) is 1. The van der Waals surface area contributed by atoms with Gasteiger partial charge < -0.3 is 5.32 Å². The van der Waals surface area contributed by atoms with E-state index < -0.39 is 0 Å². The predicted molar refractivity (Wildman–Crippen MR) is 72.6 cm³/mol. The zero-order valence-corrected chi connectivity index (χ0v) is 10.4. The lowest BCUT2D eigenvalue weighted by molar-refractivity contribution is -0.117. The van der Waals surface area contributed by atoms with Gasteiger partial charge in [-0.3, -0.25) is 4.79 Å². The highest BCUT2D eigenvalue weighted by Crippen LogP contribution is 2.09. The van der Waals surface area contributed by atoms with Crippen LogP contribution in [0.25, 0.3) is 0 Å². The van der Waals surface area contributed by atoms with Gasteiger partial charge in [-0.15, -0.1) is 0 Å². The second-order valence-electron chi connectivity index (χ2n) is 3.89. The Labute approximate surface area is 105 Å². The maximum atomic E-state index is 11.7. The molecule has 0 saturated heterocycles. The predicted octanol–water partition coefficient (Wildman–Crippen LogP) is 3.36. The number of thiophene rings is 1. The number of carbonyl (C=O) groups excluding carboxylic acids is 1. The van der Waals surface area contributed by atoms with Crippen molar-refractivity contribution < 1.29 is 4.79 Å². The number of para-hydroxylation sites is 1. The van der Waals surface area contributed by atoms with E-state index in [2.05, 4.69) is 16.8 Å². The largest absolute Gasteiger partial charge is 0.378 e. The van der Waals surface area contributed by atoms with Crippen LogP contribution in [0.4, 0.5) is 5.69 Å². The van der Waals surface area contributed by atoms with Crippen molar-refractivity contribution in [3.8, 4) is 0 Å². The molecule has 0 spiro atoms. The van der Waals surface area contributed by atoms with Crippen molar-refractivity contribution in [3.05, 3.63) is 52.7 Å². The van der Waals surface area contributed by atoms with E-state index in [4.69, 9.17) is 0 Å². The molecule has 0 radical (unpaired) electrons. The van der Waals surface area contributed by atoms with Crippen LogP contribution in [0.15, 0.2) is 47.2 Å². The topological polar surface area (TPSA) is 29.1 Å². The zero-order valence-electron chi connectivity index (χ0n) is 9.56.